The van der Waals surface area contributed by atoms with Crippen LogP contribution >= 0.6 is 23.7 Å². The van der Waals surface area contributed by atoms with Crippen LogP contribution in [0.2, 0.25) is 0 Å². The Hall–Kier alpha value is -3.12. The van der Waals surface area contributed by atoms with Gasteiger partial charge in [0.05, 0.1) is 15.3 Å². The number of halogens is 3. The number of thiazole rings is 1. The Morgan fingerprint density at radius 1 is 1.05 bits per heavy atom. The van der Waals surface area contributed by atoms with Gasteiger partial charge in [0.15, 0.2) is 10.9 Å². The number of nitrogens with zero attached hydrogens (tertiary/aromatic N) is 4. The molecule has 2 heterocycles. The van der Waals surface area contributed by atoms with Gasteiger partial charge < -0.3 is 4.90 Å². The molecule has 0 unspecified atom stereocenters. The van der Waals surface area contributed by atoms with Crippen LogP contribution in [0.5, 0.6) is 0 Å². The average molecular weight is 607 g/mol. The number of fused-ring (bicyclic) bond motifs is 2. The summed E-state index contributed by atoms with van der Waals surface area (Å²) in [5.41, 5.74) is 1.93. The van der Waals surface area contributed by atoms with Gasteiger partial charge in [0.1, 0.15) is 11.3 Å². The Balaban J connectivity index is 0.00000370. The van der Waals surface area contributed by atoms with E-state index in [1.54, 1.807) is 0 Å². The fourth-order valence-electron chi connectivity index (χ4n) is 4.69. The Kier molecular flexibility index (Phi) is 9.09. The summed E-state index contributed by atoms with van der Waals surface area (Å²) < 4.78 is 56.8. The molecule has 212 valence electrons. The van der Waals surface area contributed by atoms with Crippen LogP contribution in [-0.2, 0) is 16.4 Å². The molecular weight excluding hydrogens is 578 g/mol. The number of aromatic nitrogens is 1. The van der Waals surface area contributed by atoms with Crippen LogP contribution in [0.15, 0.2) is 65.6 Å². The minimum atomic E-state index is -3.82. The Morgan fingerprint density at radius 2 is 1.77 bits per heavy atom. The van der Waals surface area contributed by atoms with Gasteiger partial charge in [-0.2, -0.15) is 0 Å². The van der Waals surface area contributed by atoms with Gasteiger partial charge in [0.2, 0.25) is 0 Å². The molecule has 3 aromatic carbocycles. The normalized spacial score (nSPS) is 13.3. The maximum absolute atomic E-state index is 14.3. The molecular formula is C28H29ClF2N4O3S2. The molecule has 0 atom stereocenters. The fourth-order valence-corrected chi connectivity index (χ4v) is 7.26. The van der Waals surface area contributed by atoms with E-state index >= 15 is 0 Å². The smallest absolute Gasteiger partial charge is 0.264 e. The molecule has 1 amide bonds. The van der Waals surface area contributed by atoms with E-state index in [1.807, 2.05) is 43.3 Å². The van der Waals surface area contributed by atoms with Crippen molar-refractivity contribution < 1.29 is 22.0 Å². The highest BCUT2D eigenvalue weighted by atomic mass is 35.5. The molecule has 12 heteroatoms. The number of carbonyl (C=O) groups excluding carboxylic acids is 1. The highest BCUT2D eigenvalue weighted by Gasteiger charge is 2.29. The van der Waals surface area contributed by atoms with Crippen molar-refractivity contribution in [3.8, 4) is 0 Å². The molecule has 40 heavy (non-hydrogen) atoms. The first-order valence-corrected chi connectivity index (χ1v) is 14.8. The third kappa shape index (κ3) is 5.97. The summed E-state index contributed by atoms with van der Waals surface area (Å²) in [6.45, 7) is 1.38. The maximum Gasteiger partial charge on any atom is 0.264 e. The standard InChI is InChI=1S/C28H28F2N4O3S2.ClH/c1-32(2)14-6-15-33(28-31-26-23(30)17-21(29)18-25(26)38-28)27(35)20-10-12-22(13-11-20)39(36,37)34-16-5-8-19-7-3-4-9-24(19)34;/h3-4,7,9-13,17-18H,5-6,8,14-16H2,1-2H3;1H. The van der Waals surface area contributed by atoms with Crippen LogP contribution in [0.1, 0.15) is 28.8 Å². The summed E-state index contributed by atoms with van der Waals surface area (Å²) in [7, 11) is 0.0124. The maximum atomic E-state index is 14.3. The molecule has 0 bridgehead atoms. The van der Waals surface area contributed by atoms with E-state index < -0.39 is 27.6 Å². The van der Waals surface area contributed by atoms with E-state index in [1.165, 1.54) is 39.5 Å². The number of sulfonamides is 1. The monoisotopic (exact) mass is 606 g/mol. The molecule has 5 rings (SSSR count). The van der Waals surface area contributed by atoms with Gasteiger partial charge in [-0.3, -0.25) is 14.0 Å². The summed E-state index contributed by atoms with van der Waals surface area (Å²) in [6, 6.07) is 15.3. The SMILES string of the molecule is CN(C)CCCN(C(=O)c1ccc(S(=O)(=O)N2CCCc3ccccc32)cc1)c1nc2c(F)cc(F)cc2s1.Cl. The molecule has 0 N–H and O–H groups in total. The topological polar surface area (TPSA) is 73.8 Å². The lowest BCUT2D eigenvalue weighted by atomic mass is 10.0. The molecule has 0 spiro atoms. The number of aryl methyl sites for hydroxylation is 1. The number of benzene rings is 3. The largest absolute Gasteiger partial charge is 0.309 e. The molecule has 0 fully saturated rings. The lowest BCUT2D eigenvalue weighted by Gasteiger charge is -2.30. The fraction of sp³-hybridized carbons (Fsp3) is 0.286. The number of amides is 1. The second-order valence-corrected chi connectivity index (χ2v) is 12.5. The molecule has 0 saturated heterocycles. The number of para-hydroxylation sites is 1. The molecule has 0 radical (unpaired) electrons. The Bertz CT molecular complexity index is 1630. The van der Waals surface area contributed by atoms with E-state index in [0.29, 0.717) is 36.4 Å². The van der Waals surface area contributed by atoms with Crippen molar-refractivity contribution in [3.05, 3.63) is 83.4 Å². The first-order valence-electron chi connectivity index (χ1n) is 12.6. The molecule has 7 nitrogen and oxygen atoms in total. The van der Waals surface area contributed by atoms with Crippen LogP contribution < -0.4 is 9.21 Å². The van der Waals surface area contributed by atoms with Crippen molar-refractivity contribution in [2.75, 3.05) is 42.9 Å². The van der Waals surface area contributed by atoms with Crippen molar-refractivity contribution in [2.45, 2.75) is 24.2 Å². The number of rotatable bonds is 8. The highest BCUT2D eigenvalue weighted by molar-refractivity contribution is 7.92. The third-order valence-corrected chi connectivity index (χ3v) is 9.47. The quantitative estimate of drug-likeness (QED) is 0.256. The minimum absolute atomic E-state index is 0. The van der Waals surface area contributed by atoms with E-state index in [0.717, 1.165) is 35.8 Å². The van der Waals surface area contributed by atoms with Crippen molar-refractivity contribution in [3.63, 3.8) is 0 Å². The van der Waals surface area contributed by atoms with Gasteiger partial charge in [-0.1, -0.05) is 29.5 Å². The van der Waals surface area contributed by atoms with Gasteiger partial charge in [-0.05, 0) is 81.9 Å². The number of hydrogen-bond acceptors (Lipinski definition) is 6. The van der Waals surface area contributed by atoms with Crippen molar-refractivity contribution >= 4 is 60.7 Å². The van der Waals surface area contributed by atoms with E-state index in [2.05, 4.69) is 4.98 Å². The van der Waals surface area contributed by atoms with Crippen molar-refractivity contribution in [2.24, 2.45) is 0 Å². The Labute approximate surface area is 242 Å². The second kappa shape index (κ2) is 12.2. The van der Waals surface area contributed by atoms with Gasteiger partial charge in [0.25, 0.3) is 15.9 Å². The zero-order valence-electron chi connectivity index (χ0n) is 22.0. The summed E-state index contributed by atoms with van der Waals surface area (Å²) >= 11 is 1.03. The summed E-state index contributed by atoms with van der Waals surface area (Å²) in [5, 5.41) is 0.250. The average Bonchev–Trinajstić information content (AvgIpc) is 3.34. The summed E-state index contributed by atoms with van der Waals surface area (Å²) in [6.07, 6.45) is 2.16. The predicted octanol–water partition coefficient (Wildman–Crippen LogP) is 5.74. The van der Waals surface area contributed by atoms with Crippen molar-refractivity contribution in [1.29, 1.82) is 0 Å². The van der Waals surface area contributed by atoms with Crippen LogP contribution in [-0.4, -0.2) is 57.9 Å². The van der Waals surface area contributed by atoms with E-state index in [9.17, 15) is 22.0 Å². The zero-order valence-corrected chi connectivity index (χ0v) is 24.5. The van der Waals surface area contributed by atoms with Crippen molar-refractivity contribution in [1.82, 2.24) is 9.88 Å². The molecule has 0 aliphatic carbocycles. The number of anilines is 2. The highest BCUT2D eigenvalue weighted by Crippen LogP contribution is 2.34. The molecule has 1 aliphatic rings. The first kappa shape index (κ1) is 29.9. The van der Waals surface area contributed by atoms with Crippen LogP contribution in [0, 0.1) is 11.6 Å². The zero-order chi connectivity index (χ0) is 27.7. The van der Waals surface area contributed by atoms with E-state index in [-0.39, 0.29) is 33.5 Å². The first-order chi connectivity index (χ1) is 18.6. The third-order valence-electron chi connectivity index (χ3n) is 6.62. The van der Waals surface area contributed by atoms with Crippen LogP contribution in [0.25, 0.3) is 10.2 Å². The van der Waals surface area contributed by atoms with Gasteiger partial charge >= 0.3 is 0 Å². The summed E-state index contributed by atoms with van der Waals surface area (Å²) in [4.78, 5) is 21.4. The van der Waals surface area contributed by atoms with Crippen LogP contribution in [0.3, 0.4) is 0 Å². The molecule has 4 aromatic rings. The Morgan fingerprint density at radius 3 is 2.50 bits per heavy atom. The summed E-state index contributed by atoms with van der Waals surface area (Å²) in [5.74, 6) is -1.91. The lowest BCUT2D eigenvalue weighted by molar-refractivity contribution is 0.0986. The second-order valence-electron chi connectivity index (χ2n) is 9.68. The number of carbonyl (C=O) groups is 1. The minimum Gasteiger partial charge on any atom is -0.309 e. The lowest BCUT2D eigenvalue weighted by Crippen LogP contribution is -2.35. The van der Waals surface area contributed by atoms with Gasteiger partial charge in [-0.15, -0.1) is 12.4 Å². The van der Waals surface area contributed by atoms with Crippen LogP contribution in [0.4, 0.5) is 19.6 Å². The molecule has 0 saturated carbocycles. The molecule has 1 aliphatic heterocycles. The molecule has 1 aromatic heterocycles. The number of hydrogen-bond donors (Lipinski definition) is 0. The van der Waals surface area contributed by atoms with Gasteiger partial charge in [-0.25, -0.2) is 22.2 Å². The van der Waals surface area contributed by atoms with Gasteiger partial charge in [0, 0.05) is 24.7 Å². The van der Waals surface area contributed by atoms with E-state index in [4.69, 9.17) is 0 Å². The predicted molar refractivity (Wildman–Crippen MR) is 157 cm³/mol.